The van der Waals surface area contributed by atoms with Gasteiger partial charge in [0.15, 0.2) is 0 Å². The molecule has 0 aromatic heterocycles. The summed E-state index contributed by atoms with van der Waals surface area (Å²) in [5, 5.41) is 5.98. The highest BCUT2D eigenvalue weighted by Crippen LogP contribution is 1.97. The second-order valence-corrected chi connectivity index (χ2v) is 3.91. The molecule has 2 N–H and O–H groups in total. The quantitative estimate of drug-likeness (QED) is 0.575. The highest BCUT2D eigenvalue weighted by Gasteiger charge is 2.02. The van der Waals surface area contributed by atoms with Crippen molar-refractivity contribution in [1.82, 2.24) is 10.6 Å². The molecule has 1 amide bonds. The maximum absolute atomic E-state index is 11.2. The minimum absolute atomic E-state index is 0. The van der Waals surface area contributed by atoms with Crippen molar-refractivity contribution in [3.05, 3.63) is 0 Å². The van der Waals surface area contributed by atoms with Gasteiger partial charge < -0.3 is 15.4 Å². The van der Waals surface area contributed by atoms with Crippen LogP contribution in [-0.4, -0.2) is 38.8 Å². The molecule has 0 aliphatic heterocycles. The number of amides is 1. The van der Waals surface area contributed by atoms with Gasteiger partial charge in [0.2, 0.25) is 5.91 Å². The average Bonchev–Trinajstić information content (AvgIpc) is 2.15. The Hall–Kier alpha value is -0.610. The highest BCUT2D eigenvalue weighted by molar-refractivity contribution is 5.75. The minimum atomic E-state index is 0. The van der Waals surface area contributed by atoms with Crippen LogP contribution in [0.2, 0.25) is 0 Å². The van der Waals surface area contributed by atoms with Gasteiger partial charge in [0.05, 0.1) is 13.2 Å². The van der Waals surface area contributed by atoms with Crippen molar-refractivity contribution in [2.24, 2.45) is 5.92 Å². The molecular weight excluding hydrogens is 192 g/mol. The number of hydrogen-bond donors (Lipinski definition) is 2. The fourth-order valence-corrected chi connectivity index (χ4v) is 1.13. The molecule has 15 heavy (non-hydrogen) atoms. The molecule has 0 aliphatic rings. The van der Waals surface area contributed by atoms with Crippen LogP contribution in [0.1, 0.15) is 30.0 Å². The standard InChI is InChI=1S/C11H24N2O2.2H2/c1-4-12-5-7-15-8-6-13-11(14)9-10(2)3;;/h10,12H,4-9H2,1-3H3,(H,13,14);2*1H. The molecule has 0 aromatic carbocycles. The molecule has 94 valence electrons. The lowest BCUT2D eigenvalue weighted by Gasteiger charge is -2.07. The summed E-state index contributed by atoms with van der Waals surface area (Å²) in [4.78, 5) is 11.2. The summed E-state index contributed by atoms with van der Waals surface area (Å²) in [5.74, 6) is 0.528. The molecule has 0 aromatic rings. The normalized spacial score (nSPS) is 10.7. The lowest BCUT2D eigenvalue weighted by Crippen LogP contribution is -2.29. The topological polar surface area (TPSA) is 50.4 Å². The Balaban J connectivity index is -0.000000980. The van der Waals surface area contributed by atoms with E-state index < -0.39 is 0 Å². The number of carbonyl (C=O) groups excluding carboxylic acids is 1. The predicted molar refractivity (Wildman–Crippen MR) is 66.1 cm³/mol. The fourth-order valence-electron chi connectivity index (χ4n) is 1.13. The summed E-state index contributed by atoms with van der Waals surface area (Å²) in [6, 6.07) is 0. The molecule has 0 spiro atoms. The van der Waals surface area contributed by atoms with E-state index in [-0.39, 0.29) is 8.76 Å². The van der Waals surface area contributed by atoms with Crippen LogP contribution in [0.4, 0.5) is 0 Å². The van der Waals surface area contributed by atoms with Gasteiger partial charge in [-0.25, -0.2) is 0 Å². The van der Waals surface area contributed by atoms with Crippen molar-refractivity contribution >= 4 is 5.91 Å². The SMILES string of the molecule is CCNCCOCCNC(=O)CC(C)C.[HH].[HH]. The van der Waals surface area contributed by atoms with Crippen molar-refractivity contribution in [2.45, 2.75) is 27.2 Å². The van der Waals surface area contributed by atoms with Crippen LogP contribution >= 0.6 is 0 Å². The average molecular weight is 220 g/mol. The Morgan fingerprint density at radius 1 is 1.33 bits per heavy atom. The van der Waals surface area contributed by atoms with E-state index in [0.717, 1.165) is 13.1 Å². The van der Waals surface area contributed by atoms with Crippen molar-refractivity contribution in [3.63, 3.8) is 0 Å². The van der Waals surface area contributed by atoms with Gasteiger partial charge in [-0.2, -0.15) is 0 Å². The van der Waals surface area contributed by atoms with Crippen LogP contribution in [0.15, 0.2) is 0 Å². The maximum Gasteiger partial charge on any atom is 0.220 e. The number of likely N-dealkylation sites (N-methyl/N-ethyl adjacent to an activating group) is 1. The Morgan fingerprint density at radius 2 is 2.00 bits per heavy atom. The van der Waals surface area contributed by atoms with E-state index in [0.29, 0.717) is 32.1 Å². The van der Waals surface area contributed by atoms with Gasteiger partial charge in [0, 0.05) is 22.4 Å². The molecule has 4 heteroatoms. The van der Waals surface area contributed by atoms with E-state index in [9.17, 15) is 4.79 Å². The molecule has 4 nitrogen and oxygen atoms in total. The zero-order valence-electron chi connectivity index (χ0n) is 10.1. The first-order chi connectivity index (χ1) is 7.16. The number of ether oxygens (including phenoxy) is 1. The van der Waals surface area contributed by atoms with Crippen LogP contribution < -0.4 is 10.6 Å². The van der Waals surface area contributed by atoms with Crippen molar-refractivity contribution < 1.29 is 12.4 Å². The third kappa shape index (κ3) is 11.3. The molecular formula is C11H28N2O2. The largest absolute Gasteiger partial charge is 0.378 e. The van der Waals surface area contributed by atoms with E-state index in [1.165, 1.54) is 0 Å². The van der Waals surface area contributed by atoms with E-state index in [1.54, 1.807) is 0 Å². The first-order valence-corrected chi connectivity index (χ1v) is 5.72. The number of rotatable bonds is 9. The predicted octanol–water partition coefficient (Wildman–Crippen LogP) is 1.27. The van der Waals surface area contributed by atoms with Crippen LogP contribution in [0.5, 0.6) is 0 Å². The monoisotopic (exact) mass is 220 g/mol. The molecule has 0 radical (unpaired) electrons. The van der Waals surface area contributed by atoms with Crippen LogP contribution in [-0.2, 0) is 9.53 Å². The van der Waals surface area contributed by atoms with Gasteiger partial charge in [0.1, 0.15) is 0 Å². The highest BCUT2D eigenvalue weighted by atomic mass is 16.5. The Bertz CT molecular complexity index is 170. The summed E-state index contributed by atoms with van der Waals surface area (Å²) in [7, 11) is 0. The summed E-state index contributed by atoms with van der Waals surface area (Å²) in [6.45, 7) is 9.87. The zero-order chi connectivity index (χ0) is 11.5. The molecule has 0 bridgehead atoms. The number of carbonyl (C=O) groups is 1. The van der Waals surface area contributed by atoms with Gasteiger partial charge in [-0.3, -0.25) is 4.79 Å². The van der Waals surface area contributed by atoms with E-state index in [4.69, 9.17) is 4.74 Å². The maximum atomic E-state index is 11.2. The first-order valence-electron chi connectivity index (χ1n) is 5.72. The van der Waals surface area contributed by atoms with Gasteiger partial charge in [-0.1, -0.05) is 20.8 Å². The van der Waals surface area contributed by atoms with Crippen LogP contribution in [0.25, 0.3) is 0 Å². The smallest absolute Gasteiger partial charge is 0.220 e. The minimum Gasteiger partial charge on any atom is -0.378 e. The van der Waals surface area contributed by atoms with Crippen molar-refractivity contribution in [1.29, 1.82) is 0 Å². The number of hydrogen-bond acceptors (Lipinski definition) is 3. The molecule has 0 rings (SSSR count). The molecule has 0 atom stereocenters. The lowest BCUT2D eigenvalue weighted by molar-refractivity contribution is -0.122. The third-order valence-electron chi connectivity index (χ3n) is 1.84. The first kappa shape index (κ1) is 14.4. The molecule has 0 saturated carbocycles. The van der Waals surface area contributed by atoms with Gasteiger partial charge in [-0.15, -0.1) is 0 Å². The summed E-state index contributed by atoms with van der Waals surface area (Å²) in [6.07, 6.45) is 0.595. The molecule has 0 aliphatic carbocycles. The summed E-state index contributed by atoms with van der Waals surface area (Å²) >= 11 is 0. The van der Waals surface area contributed by atoms with Gasteiger partial charge in [-0.05, 0) is 12.5 Å². The molecule has 0 heterocycles. The second-order valence-electron chi connectivity index (χ2n) is 3.91. The van der Waals surface area contributed by atoms with Gasteiger partial charge in [0.25, 0.3) is 0 Å². The van der Waals surface area contributed by atoms with E-state index >= 15 is 0 Å². The van der Waals surface area contributed by atoms with E-state index in [2.05, 4.69) is 17.6 Å². The third-order valence-corrected chi connectivity index (χ3v) is 1.84. The molecule has 0 unspecified atom stereocenters. The summed E-state index contributed by atoms with van der Waals surface area (Å²) in [5.41, 5.74) is 0. The number of nitrogens with one attached hydrogen (secondary N) is 2. The van der Waals surface area contributed by atoms with Gasteiger partial charge >= 0.3 is 0 Å². The Kier molecular flexibility index (Phi) is 9.52. The zero-order valence-corrected chi connectivity index (χ0v) is 10.1. The molecule has 0 fully saturated rings. The van der Waals surface area contributed by atoms with Crippen LogP contribution in [0, 0.1) is 5.92 Å². The lowest BCUT2D eigenvalue weighted by atomic mass is 10.1. The van der Waals surface area contributed by atoms with Crippen LogP contribution in [0.3, 0.4) is 0 Å². The summed E-state index contributed by atoms with van der Waals surface area (Å²) < 4.78 is 5.31. The second kappa shape index (κ2) is 9.93. The molecule has 0 saturated heterocycles. The van der Waals surface area contributed by atoms with E-state index in [1.807, 2.05) is 13.8 Å². The fraction of sp³-hybridized carbons (Fsp3) is 0.909. The Morgan fingerprint density at radius 3 is 2.60 bits per heavy atom. The Labute approximate surface area is 95.7 Å². The van der Waals surface area contributed by atoms with Crippen molar-refractivity contribution in [2.75, 3.05) is 32.8 Å². The van der Waals surface area contributed by atoms with Crippen molar-refractivity contribution in [3.8, 4) is 0 Å².